The third kappa shape index (κ3) is 5.06. The van der Waals surface area contributed by atoms with Gasteiger partial charge in [0, 0.05) is 18.6 Å². The van der Waals surface area contributed by atoms with Gasteiger partial charge in [-0.05, 0) is 33.2 Å². The molecular formula is C11H24N2. The van der Waals surface area contributed by atoms with Crippen LogP contribution in [0, 0.1) is 5.92 Å². The summed E-state index contributed by atoms with van der Waals surface area (Å²) in [6.45, 7) is 15.4. The van der Waals surface area contributed by atoms with E-state index in [1.807, 2.05) is 6.08 Å². The van der Waals surface area contributed by atoms with Crippen LogP contribution in [0.3, 0.4) is 0 Å². The van der Waals surface area contributed by atoms with E-state index in [-0.39, 0.29) is 5.54 Å². The molecule has 2 N–H and O–H groups in total. The molecule has 0 aliphatic rings. The zero-order valence-corrected chi connectivity index (χ0v) is 9.51. The minimum absolute atomic E-state index is 0.206. The van der Waals surface area contributed by atoms with Crippen LogP contribution in [0.4, 0.5) is 0 Å². The van der Waals surface area contributed by atoms with Crippen LogP contribution in [0.2, 0.25) is 0 Å². The van der Waals surface area contributed by atoms with Gasteiger partial charge < -0.3 is 5.73 Å². The summed E-state index contributed by atoms with van der Waals surface area (Å²) >= 11 is 0. The summed E-state index contributed by atoms with van der Waals surface area (Å²) in [5.74, 6) is 0.555. The summed E-state index contributed by atoms with van der Waals surface area (Å²) < 4.78 is 0. The van der Waals surface area contributed by atoms with Gasteiger partial charge in [-0.15, -0.1) is 6.58 Å². The first-order chi connectivity index (χ1) is 5.91. The lowest BCUT2D eigenvalue weighted by atomic mass is 10.0. The van der Waals surface area contributed by atoms with Gasteiger partial charge in [-0.1, -0.05) is 13.0 Å². The van der Waals surface area contributed by atoms with Crippen molar-refractivity contribution in [2.75, 3.05) is 19.6 Å². The fourth-order valence-corrected chi connectivity index (χ4v) is 1.23. The minimum atomic E-state index is 0.206. The third-order valence-corrected chi connectivity index (χ3v) is 2.23. The molecule has 1 atom stereocenters. The Balaban J connectivity index is 4.17. The molecular weight excluding hydrogens is 160 g/mol. The first kappa shape index (κ1) is 12.7. The van der Waals surface area contributed by atoms with E-state index in [0.29, 0.717) is 5.92 Å². The van der Waals surface area contributed by atoms with Crippen LogP contribution < -0.4 is 5.73 Å². The average molecular weight is 184 g/mol. The molecule has 0 aromatic carbocycles. The van der Waals surface area contributed by atoms with Crippen molar-refractivity contribution in [2.24, 2.45) is 11.7 Å². The largest absolute Gasteiger partial charge is 0.330 e. The Hall–Kier alpha value is -0.340. The zero-order chi connectivity index (χ0) is 10.5. The maximum Gasteiger partial charge on any atom is 0.0165 e. The molecule has 2 nitrogen and oxygen atoms in total. The van der Waals surface area contributed by atoms with Gasteiger partial charge in [0.1, 0.15) is 0 Å². The lowest BCUT2D eigenvalue weighted by molar-refractivity contribution is 0.134. The van der Waals surface area contributed by atoms with Gasteiger partial charge in [0.25, 0.3) is 0 Å². The van der Waals surface area contributed by atoms with E-state index in [2.05, 4.69) is 39.2 Å². The molecule has 0 aromatic heterocycles. The van der Waals surface area contributed by atoms with Gasteiger partial charge in [0.05, 0.1) is 0 Å². The topological polar surface area (TPSA) is 29.3 Å². The maximum atomic E-state index is 5.61. The molecule has 0 amide bonds. The molecule has 2 heteroatoms. The molecule has 0 bridgehead atoms. The molecule has 0 heterocycles. The highest BCUT2D eigenvalue weighted by Gasteiger charge is 2.20. The quantitative estimate of drug-likeness (QED) is 0.661. The lowest BCUT2D eigenvalue weighted by Crippen LogP contribution is -2.44. The number of nitrogens with zero attached hydrogens (tertiary/aromatic N) is 1. The van der Waals surface area contributed by atoms with E-state index in [4.69, 9.17) is 5.73 Å². The van der Waals surface area contributed by atoms with E-state index in [9.17, 15) is 0 Å². The van der Waals surface area contributed by atoms with Crippen molar-refractivity contribution >= 4 is 0 Å². The second-order valence-electron chi connectivity index (χ2n) is 4.71. The Morgan fingerprint density at radius 3 is 2.31 bits per heavy atom. The van der Waals surface area contributed by atoms with Crippen molar-refractivity contribution in [1.29, 1.82) is 0 Å². The Bertz CT molecular complexity index is 147. The van der Waals surface area contributed by atoms with E-state index in [1.54, 1.807) is 0 Å². The summed E-state index contributed by atoms with van der Waals surface area (Å²) in [5, 5.41) is 0. The van der Waals surface area contributed by atoms with Gasteiger partial charge in [-0.25, -0.2) is 0 Å². The van der Waals surface area contributed by atoms with E-state index >= 15 is 0 Å². The van der Waals surface area contributed by atoms with Crippen LogP contribution >= 0.6 is 0 Å². The fourth-order valence-electron chi connectivity index (χ4n) is 1.23. The second kappa shape index (κ2) is 5.40. The van der Waals surface area contributed by atoms with Gasteiger partial charge >= 0.3 is 0 Å². The van der Waals surface area contributed by atoms with Crippen LogP contribution in [0.25, 0.3) is 0 Å². The Labute approximate surface area is 82.8 Å². The van der Waals surface area contributed by atoms with E-state index in [1.165, 1.54) is 0 Å². The van der Waals surface area contributed by atoms with Gasteiger partial charge in [0.15, 0.2) is 0 Å². The molecule has 0 saturated carbocycles. The van der Waals surface area contributed by atoms with Crippen LogP contribution in [0.5, 0.6) is 0 Å². The molecule has 78 valence electrons. The molecule has 0 spiro atoms. The summed E-state index contributed by atoms with van der Waals surface area (Å²) in [6, 6.07) is 0. The molecule has 0 rings (SSSR count). The molecule has 0 aromatic rings. The number of hydrogen-bond acceptors (Lipinski definition) is 2. The monoisotopic (exact) mass is 184 g/mol. The SMILES string of the molecule is C=CCN(CC(C)CN)C(C)(C)C. The van der Waals surface area contributed by atoms with Crippen molar-refractivity contribution in [1.82, 2.24) is 4.90 Å². The highest BCUT2D eigenvalue weighted by atomic mass is 15.2. The summed E-state index contributed by atoms with van der Waals surface area (Å²) in [5.41, 5.74) is 5.81. The predicted molar refractivity (Wildman–Crippen MR) is 59.7 cm³/mol. The molecule has 13 heavy (non-hydrogen) atoms. The van der Waals surface area contributed by atoms with Gasteiger partial charge in [-0.3, -0.25) is 4.90 Å². The summed E-state index contributed by atoms with van der Waals surface area (Å²) in [6.07, 6.45) is 1.95. The van der Waals surface area contributed by atoms with Crippen LogP contribution in [0.15, 0.2) is 12.7 Å². The second-order valence-corrected chi connectivity index (χ2v) is 4.71. The normalized spacial score (nSPS) is 14.6. The number of nitrogens with two attached hydrogens (primary N) is 1. The first-order valence-corrected chi connectivity index (χ1v) is 4.97. The molecule has 0 fully saturated rings. The number of rotatable bonds is 5. The van der Waals surface area contributed by atoms with E-state index < -0.39 is 0 Å². The Morgan fingerprint density at radius 1 is 1.46 bits per heavy atom. The minimum Gasteiger partial charge on any atom is -0.330 e. The fraction of sp³-hybridized carbons (Fsp3) is 0.818. The molecule has 0 aliphatic carbocycles. The number of hydrogen-bond donors (Lipinski definition) is 1. The molecule has 1 unspecified atom stereocenters. The standard InChI is InChI=1S/C11H24N2/c1-6-7-13(11(3,4)5)9-10(2)8-12/h6,10H,1,7-9,12H2,2-5H3. The van der Waals surface area contributed by atoms with Crippen molar-refractivity contribution in [3.8, 4) is 0 Å². The zero-order valence-electron chi connectivity index (χ0n) is 9.51. The van der Waals surface area contributed by atoms with Crippen LogP contribution in [-0.2, 0) is 0 Å². The van der Waals surface area contributed by atoms with Gasteiger partial charge in [0.2, 0.25) is 0 Å². The lowest BCUT2D eigenvalue weighted by Gasteiger charge is -2.36. The van der Waals surface area contributed by atoms with E-state index in [0.717, 1.165) is 19.6 Å². The first-order valence-electron chi connectivity index (χ1n) is 4.97. The van der Waals surface area contributed by atoms with Crippen molar-refractivity contribution < 1.29 is 0 Å². The summed E-state index contributed by atoms with van der Waals surface area (Å²) in [7, 11) is 0. The van der Waals surface area contributed by atoms with Crippen molar-refractivity contribution in [3.05, 3.63) is 12.7 Å². The Morgan fingerprint density at radius 2 is 2.00 bits per heavy atom. The average Bonchev–Trinajstić information content (AvgIpc) is 2.01. The van der Waals surface area contributed by atoms with Crippen LogP contribution in [0.1, 0.15) is 27.7 Å². The highest BCUT2D eigenvalue weighted by molar-refractivity contribution is 4.83. The van der Waals surface area contributed by atoms with Crippen molar-refractivity contribution in [2.45, 2.75) is 33.2 Å². The van der Waals surface area contributed by atoms with Gasteiger partial charge in [-0.2, -0.15) is 0 Å². The third-order valence-electron chi connectivity index (χ3n) is 2.23. The molecule has 0 radical (unpaired) electrons. The molecule has 0 saturated heterocycles. The molecule has 0 aliphatic heterocycles. The van der Waals surface area contributed by atoms with Crippen LogP contribution in [-0.4, -0.2) is 30.1 Å². The van der Waals surface area contributed by atoms with Crippen molar-refractivity contribution in [3.63, 3.8) is 0 Å². The predicted octanol–water partition coefficient (Wildman–Crippen LogP) is 1.87. The Kier molecular flexibility index (Phi) is 5.26. The highest BCUT2D eigenvalue weighted by Crippen LogP contribution is 2.14. The smallest absolute Gasteiger partial charge is 0.0165 e. The summed E-state index contributed by atoms with van der Waals surface area (Å²) in [4.78, 5) is 2.40. The maximum absolute atomic E-state index is 5.61.